The highest BCUT2D eigenvalue weighted by molar-refractivity contribution is 6.31. The number of ether oxygens (including phenoxy) is 1. The number of carbonyl (C=O) groups excluding carboxylic acids is 2. The smallest absolute Gasteiger partial charge is 0.424 e. The fourth-order valence-corrected chi connectivity index (χ4v) is 3.12. The Bertz CT molecular complexity index is 853. The van der Waals surface area contributed by atoms with Gasteiger partial charge in [0.25, 0.3) is 0 Å². The van der Waals surface area contributed by atoms with E-state index in [1.165, 1.54) is 0 Å². The van der Waals surface area contributed by atoms with Crippen LogP contribution < -0.4 is 0 Å². The van der Waals surface area contributed by atoms with Crippen molar-refractivity contribution in [2.45, 2.75) is 5.41 Å². The Labute approximate surface area is 155 Å². The van der Waals surface area contributed by atoms with Gasteiger partial charge in [-0.15, -0.1) is 0 Å². The molecule has 3 rings (SSSR count). The van der Waals surface area contributed by atoms with Crippen molar-refractivity contribution < 1.29 is 24.2 Å². The van der Waals surface area contributed by atoms with Gasteiger partial charge < -0.3 is 9.84 Å². The molecule has 0 unspecified atom stereocenters. The maximum atomic E-state index is 13.3. The molecular formula is C22H16O5. The number of aliphatic carboxylic acids is 1. The molecular weight excluding hydrogens is 344 g/mol. The van der Waals surface area contributed by atoms with Gasteiger partial charge in [0.2, 0.25) is 0 Å². The molecule has 1 N–H and O–H groups in total. The third-order valence-electron chi connectivity index (χ3n) is 4.29. The lowest BCUT2D eigenvalue weighted by Crippen LogP contribution is -2.42. The fraction of sp³-hybridized carbons (Fsp3) is 0.0455. The molecule has 0 aliphatic heterocycles. The van der Waals surface area contributed by atoms with Crippen molar-refractivity contribution in [2.75, 3.05) is 0 Å². The minimum absolute atomic E-state index is 0.561. The quantitative estimate of drug-likeness (QED) is 0.334. The van der Waals surface area contributed by atoms with Crippen molar-refractivity contribution in [2.24, 2.45) is 0 Å². The molecule has 3 aromatic carbocycles. The van der Waals surface area contributed by atoms with E-state index in [2.05, 4.69) is 0 Å². The summed E-state index contributed by atoms with van der Waals surface area (Å²) in [5, 5.41) is 8.88. The summed E-state index contributed by atoms with van der Waals surface area (Å²) in [5.41, 5.74) is 0.191. The lowest BCUT2D eigenvalue weighted by Gasteiger charge is -2.32. The molecule has 3 aromatic rings. The summed E-state index contributed by atoms with van der Waals surface area (Å²) in [6.45, 7) is 0. The van der Waals surface area contributed by atoms with Gasteiger partial charge in [-0.05, 0) is 16.7 Å². The van der Waals surface area contributed by atoms with Crippen molar-refractivity contribution in [3.8, 4) is 0 Å². The summed E-state index contributed by atoms with van der Waals surface area (Å²) in [6.07, 6.45) is 0. The molecule has 0 saturated carbocycles. The van der Waals surface area contributed by atoms with Crippen LogP contribution in [0.5, 0.6) is 0 Å². The first-order valence-electron chi connectivity index (χ1n) is 8.23. The third-order valence-corrected chi connectivity index (χ3v) is 4.29. The molecule has 0 saturated heterocycles. The highest BCUT2D eigenvalue weighted by Crippen LogP contribution is 2.40. The number of carbonyl (C=O) groups is 3. The number of carboxylic acids is 1. The average Bonchev–Trinajstić information content (AvgIpc) is 2.71. The normalized spacial score (nSPS) is 10.8. The molecule has 0 bridgehead atoms. The Balaban J connectivity index is 2.31. The SMILES string of the molecule is O=C(O)C(=O)OC(=O)C(c1ccccc1)(c1ccccc1)c1ccccc1. The van der Waals surface area contributed by atoms with Crippen LogP contribution >= 0.6 is 0 Å². The second kappa shape index (κ2) is 7.66. The molecule has 0 aliphatic rings. The first-order valence-corrected chi connectivity index (χ1v) is 8.23. The predicted molar refractivity (Wildman–Crippen MR) is 97.9 cm³/mol. The standard InChI is InChI=1S/C22H16O5/c23-19(24)20(25)27-21(26)22(16-10-4-1-5-11-16,17-12-6-2-7-13-17)18-14-8-3-9-15-18/h1-15H,(H,23,24). The first kappa shape index (κ1) is 18.1. The van der Waals surface area contributed by atoms with E-state index in [0.717, 1.165) is 0 Å². The van der Waals surface area contributed by atoms with E-state index >= 15 is 0 Å². The van der Waals surface area contributed by atoms with E-state index in [9.17, 15) is 14.4 Å². The van der Waals surface area contributed by atoms with Crippen LogP contribution in [0.3, 0.4) is 0 Å². The van der Waals surface area contributed by atoms with Crippen molar-refractivity contribution in [1.82, 2.24) is 0 Å². The average molecular weight is 360 g/mol. The summed E-state index contributed by atoms with van der Waals surface area (Å²) in [6, 6.07) is 26.5. The molecule has 0 atom stereocenters. The molecule has 0 aliphatic carbocycles. The molecule has 134 valence electrons. The van der Waals surface area contributed by atoms with Crippen LogP contribution in [-0.4, -0.2) is 23.0 Å². The Morgan fingerprint density at radius 3 is 1.26 bits per heavy atom. The van der Waals surface area contributed by atoms with E-state index in [4.69, 9.17) is 9.84 Å². The maximum absolute atomic E-state index is 13.3. The van der Waals surface area contributed by atoms with Gasteiger partial charge in [0, 0.05) is 0 Å². The van der Waals surface area contributed by atoms with Crippen LogP contribution in [0.25, 0.3) is 0 Å². The minimum atomic E-state index is -1.83. The summed E-state index contributed by atoms with van der Waals surface area (Å²) in [5.74, 6) is -4.42. The van der Waals surface area contributed by atoms with Crippen molar-refractivity contribution >= 4 is 17.9 Å². The molecule has 0 amide bonds. The van der Waals surface area contributed by atoms with Crippen molar-refractivity contribution in [3.63, 3.8) is 0 Å². The molecule has 0 fully saturated rings. The highest BCUT2D eigenvalue weighted by Gasteiger charge is 2.46. The van der Waals surface area contributed by atoms with Gasteiger partial charge in [0.1, 0.15) is 5.41 Å². The Morgan fingerprint density at radius 2 is 0.963 bits per heavy atom. The van der Waals surface area contributed by atoms with Gasteiger partial charge in [0.15, 0.2) is 0 Å². The molecule has 0 heterocycles. The van der Waals surface area contributed by atoms with Gasteiger partial charge >= 0.3 is 17.9 Å². The van der Waals surface area contributed by atoms with Crippen LogP contribution in [0.2, 0.25) is 0 Å². The zero-order valence-electron chi connectivity index (χ0n) is 14.2. The third kappa shape index (κ3) is 3.35. The number of hydrogen-bond donors (Lipinski definition) is 1. The van der Waals surface area contributed by atoms with Crippen LogP contribution in [0.4, 0.5) is 0 Å². The second-order valence-electron chi connectivity index (χ2n) is 5.83. The van der Waals surface area contributed by atoms with E-state index in [-0.39, 0.29) is 0 Å². The molecule has 0 spiro atoms. The lowest BCUT2D eigenvalue weighted by molar-refractivity contribution is -0.172. The summed E-state index contributed by atoms with van der Waals surface area (Å²) in [7, 11) is 0. The highest BCUT2D eigenvalue weighted by atomic mass is 16.6. The molecule has 0 aromatic heterocycles. The zero-order chi connectivity index (χ0) is 19.3. The molecule has 5 heteroatoms. The lowest BCUT2D eigenvalue weighted by atomic mass is 9.69. The maximum Gasteiger partial charge on any atom is 0.424 e. The minimum Gasteiger partial charge on any atom is -0.473 e. The number of hydrogen-bond acceptors (Lipinski definition) is 4. The van der Waals surface area contributed by atoms with Crippen LogP contribution in [-0.2, 0) is 24.5 Å². The molecule has 27 heavy (non-hydrogen) atoms. The van der Waals surface area contributed by atoms with Crippen LogP contribution in [0.15, 0.2) is 91.0 Å². The van der Waals surface area contributed by atoms with Gasteiger partial charge in [0.05, 0.1) is 0 Å². The summed E-state index contributed by atoms with van der Waals surface area (Å²) < 4.78 is 4.76. The van der Waals surface area contributed by atoms with Crippen molar-refractivity contribution in [3.05, 3.63) is 108 Å². The summed E-state index contributed by atoms with van der Waals surface area (Å²) >= 11 is 0. The van der Waals surface area contributed by atoms with Gasteiger partial charge in [-0.3, -0.25) is 0 Å². The number of carboxylic acid groups (broad SMARTS) is 1. The van der Waals surface area contributed by atoms with E-state index in [1.807, 2.05) is 0 Å². The van der Waals surface area contributed by atoms with Crippen LogP contribution in [0, 0.1) is 0 Å². The Kier molecular flexibility index (Phi) is 5.13. The predicted octanol–water partition coefficient (Wildman–Crippen LogP) is 3.18. The van der Waals surface area contributed by atoms with Gasteiger partial charge in [-0.1, -0.05) is 91.0 Å². The molecule has 0 radical (unpaired) electrons. The first-order chi connectivity index (χ1) is 13.1. The van der Waals surface area contributed by atoms with Gasteiger partial charge in [-0.25, -0.2) is 14.4 Å². The fourth-order valence-electron chi connectivity index (χ4n) is 3.12. The van der Waals surface area contributed by atoms with Crippen LogP contribution in [0.1, 0.15) is 16.7 Å². The summed E-state index contributed by atoms with van der Waals surface area (Å²) in [4.78, 5) is 35.9. The number of esters is 2. The van der Waals surface area contributed by atoms with E-state index in [1.54, 1.807) is 91.0 Å². The Hall–Kier alpha value is -3.73. The second-order valence-corrected chi connectivity index (χ2v) is 5.83. The number of rotatable bonds is 4. The molecule has 5 nitrogen and oxygen atoms in total. The monoisotopic (exact) mass is 360 g/mol. The topological polar surface area (TPSA) is 80.7 Å². The zero-order valence-corrected chi connectivity index (χ0v) is 14.2. The number of benzene rings is 3. The largest absolute Gasteiger partial charge is 0.473 e. The van der Waals surface area contributed by atoms with Gasteiger partial charge in [-0.2, -0.15) is 0 Å². The van der Waals surface area contributed by atoms with E-state index < -0.39 is 23.3 Å². The Morgan fingerprint density at radius 1 is 0.630 bits per heavy atom. The van der Waals surface area contributed by atoms with Crippen molar-refractivity contribution in [1.29, 1.82) is 0 Å². The van der Waals surface area contributed by atoms with E-state index in [0.29, 0.717) is 16.7 Å².